The van der Waals surface area contributed by atoms with Crippen LogP contribution in [0.5, 0.6) is 0 Å². The minimum absolute atomic E-state index is 0.102. The smallest absolute Gasteiger partial charge is 0.238 e. The monoisotopic (exact) mass is 243 g/mol. The maximum atomic E-state index is 11.3. The van der Waals surface area contributed by atoms with Gasteiger partial charge >= 0.3 is 0 Å². The fourth-order valence-corrected chi connectivity index (χ4v) is 2.42. The number of rotatable bonds is 5. The zero-order valence-electron chi connectivity index (χ0n) is 9.26. The molecule has 0 aliphatic heterocycles. The van der Waals surface area contributed by atoms with Crippen molar-refractivity contribution in [3.05, 3.63) is 29.8 Å². The SMILES string of the molecule is CCCC(O)Cc1ccccc1S(N)(=O)=O. The van der Waals surface area contributed by atoms with Crippen molar-refractivity contribution in [3.8, 4) is 0 Å². The second-order valence-corrected chi connectivity index (χ2v) is 5.33. The van der Waals surface area contributed by atoms with Gasteiger partial charge in [0.2, 0.25) is 10.0 Å². The van der Waals surface area contributed by atoms with Crippen molar-refractivity contribution < 1.29 is 13.5 Å². The van der Waals surface area contributed by atoms with Gasteiger partial charge in [0.25, 0.3) is 0 Å². The summed E-state index contributed by atoms with van der Waals surface area (Å²) in [5, 5.41) is 14.8. The van der Waals surface area contributed by atoms with Crippen LogP contribution in [0, 0.1) is 0 Å². The number of benzene rings is 1. The van der Waals surface area contributed by atoms with Crippen LogP contribution in [0.4, 0.5) is 0 Å². The van der Waals surface area contributed by atoms with Crippen LogP contribution in [0.15, 0.2) is 29.2 Å². The van der Waals surface area contributed by atoms with E-state index in [0.717, 1.165) is 6.42 Å². The molecule has 3 N–H and O–H groups in total. The lowest BCUT2D eigenvalue weighted by molar-refractivity contribution is 0.163. The molecule has 5 heteroatoms. The Morgan fingerprint density at radius 2 is 2.00 bits per heavy atom. The molecular formula is C11H17NO3S. The summed E-state index contributed by atoms with van der Waals surface area (Å²) < 4.78 is 22.6. The molecule has 1 aromatic rings. The van der Waals surface area contributed by atoms with E-state index in [1.54, 1.807) is 18.2 Å². The van der Waals surface area contributed by atoms with Crippen molar-refractivity contribution in [2.75, 3.05) is 0 Å². The highest BCUT2D eigenvalue weighted by atomic mass is 32.2. The predicted octanol–water partition coefficient (Wildman–Crippen LogP) is 1.04. The van der Waals surface area contributed by atoms with Gasteiger partial charge < -0.3 is 5.11 Å². The Morgan fingerprint density at radius 3 is 2.56 bits per heavy atom. The number of sulfonamides is 1. The number of aliphatic hydroxyl groups is 1. The molecule has 0 radical (unpaired) electrons. The molecular weight excluding hydrogens is 226 g/mol. The number of primary sulfonamides is 1. The first-order valence-corrected chi connectivity index (χ1v) is 6.78. The van der Waals surface area contributed by atoms with Crippen molar-refractivity contribution in [2.24, 2.45) is 5.14 Å². The van der Waals surface area contributed by atoms with Gasteiger partial charge in [-0.15, -0.1) is 0 Å². The van der Waals surface area contributed by atoms with Gasteiger partial charge in [-0.05, 0) is 24.5 Å². The second kappa shape index (κ2) is 5.43. The molecule has 16 heavy (non-hydrogen) atoms. The van der Waals surface area contributed by atoms with E-state index in [0.29, 0.717) is 18.4 Å². The minimum atomic E-state index is -3.71. The van der Waals surface area contributed by atoms with Gasteiger partial charge in [-0.3, -0.25) is 0 Å². The average Bonchev–Trinajstić information content (AvgIpc) is 2.17. The molecule has 1 unspecified atom stereocenters. The highest BCUT2D eigenvalue weighted by molar-refractivity contribution is 7.89. The molecule has 0 heterocycles. The van der Waals surface area contributed by atoms with Crippen molar-refractivity contribution in [2.45, 2.75) is 37.2 Å². The first-order valence-electron chi connectivity index (χ1n) is 5.24. The van der Waals surface area contributed by atoms with Crippen LogP contribution in [-0.2, 0) is 16.4 Å². The number of hydrogen-bond donors (Lipinski definition) is 2. The Bertz CT molecular complexity index is 442. The Kier molecular flexibility index (Phi) is 4.46. The van der Waals surface area contributed by atoms with E-state index in [-0.39, 0.29) is 4.90 Å². The van der Waals surface area contributed by atoms with E-state index in [2.05, 4.69) is 0 Å². The molecule has 0 saturated heterocycles. The predicted molar refractivity (Wildman–Crippen MR) is 62.4 cm³/mol. The summed E-state index contributed by atoms with van der Waals surface area (Å²) in [5.41, 5.74) is 0.575. The molecule has 0 aromatic heterocycles. The Morgan fingerprint density at radius 1 is 1.38 bits per heavy atom. The van der Waals surface area contributed by atoms with Crippen molar-refractivity contribution in [3.63, 3.8) is 0 Å². The largest absolute Gasteiger partial charge is 0.393 e. The molecule has 0 bridgehead atoms. The van der Waals surface area contributed by atoms with Crippen LogP contribution in [0.2, 0.25) is 0 Å². The maximum Gasteiger partial charge on any atom is 0.238 e. The van der Waals surface area contributed by atoms with Gasteiger partial charge in [-0.2, -0.15) is 0 Å². The standard InChI is InChI=1S/C11H17NO3S/c1-2-5-10(13)8-9-6-3-4-7-11(9)16(12,14)15/h3-4,6-7,10,13H,2,5,8H2,1H3,(H2,12,14,15). The molecule has 90 valence electrons. The van der Waals surface area contributed by atoms with Gasteiger partial charge in [0, 0.05) is 0 Å². The van der Waals surface area contributed by atoms with Crippen molar-refractivity contribution in [1.29, 1.82) is 0 Å². The summed E-state index contributed by atoms with van der Waals surface area (Å²) in [4.78, 5) is 0.102. The third kappa shape index (κ3) is 3.59. The fourth-order valence-electron chi connectivity index (χ4n) is 1.64. The zero-order chi connectivity index (χ0) is 12.2. The third-order valence-corrected chi connectivity index (χ3v) is 3.37. The molecule has 1 rings (SSSR count). The van der Waals surface area contributed by atoms with Crippen LogP contribution >= 0.6 is 0 Å². The van der Waals surface area contributed by atoms with Gasteiger partial charge in [0.1, 0.15) is 0 Å². The van der Waals surface area contributed by atoms with E-state index in [1.165, 1.54) is 6.07 Å². The van der Waals surface area contributed by atoms with E-state index in [1.807, 2.05) is 6.92 Å². The lowest BCUT2D eigenvalue weighted by Crippen LogP contribution is -2.17. The van der Waals surface area contributed by atoms with Crippen LogP contribution in [0.3, 0.4) is 0 Å². The summed E-state index contributed by atoms with van der Waals surface area (Å²) in [6, 6.07) is 6.50. The van der Waals surface area contributed by atoms with E-state index in [4.69, 9.17) is 5.14 Å². The lowest BCUT2D eigenvalue weighted by atomic mass is 10.0. The van der Waals surface area contributed by atoms with Crippen LogP contribution in [0.25, 0.3) is 0 Å². The number of hydrogen-bond acceptors (Lipinski definition) is 3. The summed E-state index contributed by atoms with van der Waals surface area (Å²) in [7, 11) is -3.71. The Hall–Kier alpha value is -0.910. The molecule has 0 saturated carbocycles. The summed E-state index contributed by atoms with van der Waals surface area (Å²) in [6.45, 7) is 1.97. The zero-order valence-corrected chi connectivity index (χ0v) is 10.1. The molecule has 0 amide bonds. The Labute approximate surface area is 96.2 Å². The average molecular weight is 243 g/mol. The molecule has 0 aliphatic carbocycles. The molecule has 0 aliphatic rings. The lowest BCUT2D eigenvalue weighted by Gasteiger charge is -2.11. The topological polar surface area (TPSA) is 80.4 Å². The number of aliphatic hydroxyl groups excluding tert-OH is 1. The van der Waals surface area contributed by atoms with Crippen molar-refractivity contribution >= 4 is 10.0 Å². The van der Waals surface area contributed by atoms with E-state index < -0.39 is 16.1 Å². The molecule has 4 nitrogen and oxygen atoms in total. The van der Waals surface area contributed by atoms with Gasteiger partial charge in [0.05, 0.1) is 11.0 Å². The van der Waals surface area contributed by atoms with Crippen LogP contribution in [-0.4, -0.2) is 19.6 Å². The molecule has 0 spiro atoms. The molecule has 1 aromatic carbocycles. The van der Waals surface area contributed by atoms with Gasteiger partial charge in [0.15, 0.2) is 0 Å². The highest BCUT2D eigenvalue weighted by Crippen LogP contribution is 2.16. The van der Waals surface area contributed by atoms with Crippen molar-refractivity contribution in [1.82, 2.24) is 0 Å². The van der Waals surface area contributed by atoms with Crippen LogP contribution in [0.1, 0.15) is 25.3 Å². The second-order valence-electron chi connectivity index (χ2n) is 3.80. The fraction of sp³-hybridized carbons (Fsp3) is 0.455. The van der Waals surface area contributed by atoms with Crippen LogP contribution < -0.4 is 5.14 Å². The molecule has 0 fully saturated rings. The first-order chi connectivity index (χ1) is 7.45. The summed E-state index contributed by atoms with van der Waals surface area (Å²) in [6.07, 6.45) is 1.31. The highest BCUT2D eigenvalue weighted by Gasteiger charge is 2.15. The normalized spacial score (nSPS) is 13.7. The third-order valence-electron chi connectivity index (χ3n) is 2.36. The minimum Gasteiger partial charge on any atom is -0.393 e. The number of nitrogens with two attached hydrogens (primary N) is 1. The van der Waals surface area contributed by atoms with E-state index in [9.17, 15) is 13.5 Å². The Balaban J connectivity index is 2.96. The summed E-state index contributed by atoms with van der Waals surface area (Å²) >= 11 is 0. The first kappa shape index (κ1) is 13.2. The maximum absolute atomic E-state index is 11.3. The van der Waals surface area contributed by atoms with Gasteiger partial charge in [-0.25, -0.2) is 13.6 Å². The summed E-state index contributed by atoms with van der Waals surface area (Å²) in [5.74, 6) is 0. The molecule has 1 atom stereocenters. The van der Waals surface area contributed by atoms with Gasteiger partial charge in [-0.1, -0.05) is 31.5 Å². The quantitative estimate of drug-likeness (QED) is 0.810. The van der Waals surface area contributed by atoms with E-state index >= 15 is 0 Å².